The second-order valence-electron chi connectivity index (χ2n) is 6.84. The lowest BCUT2D eigenvalue weighted by Crippen LogP contribution is -2.30. The molecule has 0 spiro atoms. The number of carbonyl (C=O) groups excluding carboxylic acids is 1. The minimum Gasteiger partial charge on any atom is -0.493 e. The molecule has 30 heavy (non-hydrogen) atoms. The number of ether oxygens (including phenoxy) is 2. The van der Waals surface area contributed by atoms with Crippen LogP contribution in [-0.2, 0) is 11.2 Å². The third-order valence-corrected chi connectivity index (χ3v) is 6.43. The van der Waals surface area contributed by atoms with Gasteiger partial charge < -0.3 is 9.47 Å². The number of rotatable bonds is 6. The van der Waals surface area contributed by atoms with E-state index in [4.69, 9.17) is 21.7 Å². The lowest BCUT2D eigenvalue weighted by Gasteiger charge is -2.15. The molecule has 0 atom stereocenters. The van der Waals surface area contributed by atoms with Gasteiger partial charge in [-0.3, -0.25) is 9.69 Å². The predicted molar refractivity (Wildman–Crippen MR) is 127 cm³/mol. The Labute approximate surface area is 185 Å². The Kier molecular flexibility index (Phi) is 6.06. The summed E-state index contributed by atoms with van der Waals surface area (Å²) in [5, 5.41) is 2.27. The molecule has 0 N–H and O–H groups in total. The maximum atomic E-state index is 13.0. The minimum absolute atomic E-state index is 0.0431. The smallest absolute Gasteiger partial charge is 0.266 e. The highest BCUT2D eigenvalue weighted by Gasteiger charge is 2.31. The van der Waals surface area contributed by atoms with Crippen molar-refractivity contribution in [2.45, 2.75) is 6.42 Å². The standard InChI is InChI=1S/C24H21NO3S2/c1-27-20-11-10-16(14-21(20)28-2)12-13-25-23(26)22(30-24(25)29)15-18-8-5-7-17-6-3-4-9-19(17)18/h3-11,14-15H,12-13H2,1-2H3. The fourth-order valence-corrected chi connectivity index (χ4v) is 4.79. The Morgan fingerprint density at radius 1 is 1.00 bits per heavy atom. The Morgan fingerprint density at radius 2 is 1.77 bits per heavy atom. The number of benzene rings is 3. The summed E-state index contributed by atoms with van der Waals surface area (Å²) in [5.41, 5.74) is 2.08. The normalized spacial score (nSPS) is 15.3. The molecule has 1 amide bonds. The maximum absolute atomic E-state index is 13.0. The quantitative estimate of drug-likeness (QED) is 0.388. The molecule has 3 aromatic rings. The van der Waals surface area contributed by atoms with Gasteiger partial charge in [0.1, 0.15) is 4.32 Å². The Balaban J connectivity index is 1.52. The number of hydrogen-bond acceptors (Lipinski definition) is 5. The van der Waals surface area contributed by atoms with Crippen molar-refractivity contribution in [2.75, 3.05) is 20.8 Å². The molecule has 4 nitrogen and oxygen atoms in total. The summed E-state index contributed by atoms with van der Waals surface area (Å²) in [5.74, 6) is 1.32. The Morgan fingerprint density at radius 3 is 2.57 bits per heavy atom. The summed E-state index contributed by atoms with van der Waals surface area (Å²) in [6, 6.07) is 20.0. The molecule has 3 aromatic carbocycles. The van der Waals surface area contributed by atoms with Crippen molar-refractivity contribution in [3.63, 3.8) is 0 Å². The first-order chi connectivity index (χ1) is 14.6. The van der Waals surface area contributed by atoms with Crippen LogP contribution in [0.4, 0.5) is 0 Å². The number of thiocarbonyl (C=S) groups is 1. The van der Waals surface area contributed by atoms with Crippen LogP contribution in [-0.4, -0.2) is 35.9 Å². The van der Waals surface area contributed by atoms with Gasteiger partial charge in [0.2, 0.25) is 0 Å². The molecular weight excluding hydrogens is 414 g/mol. The zero-order chi connectivity index (χ0) is 21.1. The van der Waals surface area contributed by atoms with E-state index in [0.29, 0.717) is 33.7 Å². The van der Waals surface area contributed by atoms with Gasteiger partial charge in [-0.1, -0.05) is 72.5 Å². The van der Waals surface area contributed by atoms with Gasteiger partial charge in [-0.2, -0.15) is 0 Å². The number of hydrogen-bond donors (Lipinski definition) is 0. The van der Waals surface area contributed by atoms with Gasteiger partial charge in [0.05, 0.1) is 19.1 Å². The highest BCUT2D eigenvalue weighted by atomic mass is 32.2. The molecule has 1 aliphatic rings. The molecule has 152 valence electrons. The van der Waals surface area contributed by atoms with Crippen LogP contribution in [0.15, 0.2) is 65.6 Å². The highest BCUT2D eigenvalue weighted by Crippen LogP contribution is 2.34. The van der Waals surface area contributed by atoms with Crippen molar-refractivity contribution in [2.24, 2.45) is 0 Å². The molecule has 0 bridgehead atoms. The maximum Gasteiger partial charge on any atom is 0.266 e. The third-order valence-electron chi connectivity index (χ3n) is 5.06. The SMILES string of the molecule is COc1ccc(CCN2C(=O)C(=Cc3cccc4ccccc34)SC2=S)cc1OC. The van der Waals surface area contributed by atoms with Gasteiger partial charge in [0, 0.05) is 6.54 Å². The number of nitrogens with zero attached hydrogens (tertiary/aromatic N) is 1. The summed E-state index contributed by atoms with van der Waals surface area (Å²) in [6.07, 6.45) is 2.62. The summed E-state index contributed by atoms with van der Waals surface area (Å²) >= 11 is 6.85. The number of carbonyl (C=O) groups is 1. The predicted octanol–water partition coefficient (Wildman–Crippen LogP) is 5.30. The fraction of sp³-hybridized carbons (Fsp3) is 0.167. The van der Waals surface area contributed by atoms with E-state index < -0.39 is 0 Å². The monoisotopic (exact) mass is 435 g/mol. The number of amides is 1. The van der Waals surface area contributed by atoms with E-state index in [1.54, 1.807) is 19.1 Å². The molecule has 0 aromatic heterocycles. The van der Waals surface area contributed by atoms with Crippen molar-refractivity contribution in [3.05, 3.63) is 76.7 Å². The zero-order valence-corrected chi connectivity index (χ0v) is 18.4. The minimum atomic E-state index is -0.0431. The summed E-state index contributed by atoms with van der Waals surface area (Å²) in [7, 11) is 3.22. The summed E-state index contributed by atoms with van der Waals surface area (Å²) in [4.78, 5) is 15.3. The molecule has 1 saturated heterocycles. The molecule has 0 unspecified atom stereocenters. The van der Waals surface area contributed by atoms with Crippen LogP contribution in [0.1, 0.15) is 11.1 Å². The number of thioether (sulfide) groups is 1. The van der Waals surface area contributed by atoms with Gasteiger partial charge in [-0.25, -0.2) is 0 Å². The number of methoxy groups -OCH3 is 2. The Bertz CT molecular complexity index is 1150. The molecular formula is C24H21NO3S2. The van der Waals surface area contributed by atoms with E-state index in [9.17, 15) is 4.79 Å². The van der Waals surface area contributed by atoms with Crippen molar-refractivity contribution in [1.82, 2.24) is 4.90 Å². The van der Waals surface area contributed by atoms with Crippen molar-refractivity contribution < 1.29 is 14.3 Å². The Hall–Kier alpha value is -2.83. The first-order valence-corrected chi connectivity index (χ1v) is 10.8. The van der Waals surface area contributed by atoms with E-state index in [2.05, 4.69) is 18.2 Å². The van der Waals surface area contributed by atoms with Crippen LogP contribution < -0.4 is 9.47 Å². The molecule has 1 aliphatic heterocycles. The first-order valence-electron chi connectivity index (χ1n) is 9.54. The van der Waals surface area contributed by atoms with Crippen molar-refractivity contribution >= 4 is 51.1 Å². The average Bonchev–Trinajstić information content (AvgIpc) is 3.04. The second-order valence-corrected chi connectivity index (χ2v) is 8.52. The molecule has 0 radical (unpaired) electrons. The van der Waals surface area contributed by atoms with E-state index >= 15 is 0 Å². The summed E-state index contributed by atoms with van der Waals surface area (Å²) < 4.78 is 11.2. The largest absolute Gasteiger partial charge is 0.493 e. The highest BCUT2D eigenvalue weighted by molar-refractivity contribution is 8.26. The molecule has 1 fully saturated rings. The molecule has 4 rings (SSSR count). The number of fused-ring (bicyclic) bond motifs is 1. The van der Waals surface area contributed by atoms with E-state index in [-0.39, 0.29) is 5.91 Å². The lowest BCUT2D eigenvalue weighted by molar-refractivity contribution is -0.122. The lowest BCUT2D eigenvalue weighted by atomic mass is 10.0. The molecule has 0 aliphatic carbocycles. The van der Waals surface area contributed by atoms with E-state index in [1.165, 1.54) is 11.8 Å². The van der Waals surface area contributed by atoms with Crippen LogP contribution >= 0.6 is 24.0 Å². The van der Waals surface area contributed by atoms with Gasteiger partial charge in [0.15, 0.2) is 11.5 Å². The van der Waals surface area contributed by atoms with Crippen LogP contribution in [0.3, 0.4) is 0 Å². The van der Waals surface area contributed by atoms with Crippen molar-refractivity contribution in [3.8, 4) is 11.5 Å². The van der Waals surface area contributed by atoms with Gasteiger partial charge in [-0.15, -0.1) is 0 Å². The van der Waals surface area contributed by atoms with Gasteiger partial charge >= 0.3 is 0 Å². The average molecular weight is 436 g/mol. The van der Waals surface area contributed by atoms with Crippen LogP contribution in [0.5, 0.6) is 11.5 Å². The first kappa shape index (κ1) is 20.4. The molecule has 0 saturated carbocycles. The topological polar surface area (TPSA) is 38.8 Å². The molecule has 6 heteroatoms. The second kappa shape index (κ2) is 8.90. The van der Waals surface area contributed by atoms with Gasteiger partial charge in [-0.05, 0) is 46.5 Å². The third kappa shape index (κ3) is 4.06. The molecule has 1 heterocycles. The summed E-state index contributed by atoms with van der Waals surface area (Å²) in [6.45, 7) is 0.521. The van der Waals surface area contributed by atoms with Crippen LogP contribution in [0.25, 0.3) is 16.8 Å². The van der Waals surface area contributed by atoms with Crippen molar-refractivity contribution in [1.29, 1.82) is 0 Å². The fourth-order valence-electron chi connectivity index (χ4n) is 3.49. The zero-order valence-electron chi connectivity index (χ0n) is 16.8. The van der Waals surface area contributed by atoms with E-state index in [0.717, 1.165) is 21.9 Å². The van der Waals surface area contributed by atoms with Crippen LogP contribution in [0.2, 0.25) is 0 Å². The van der Waals surface area contributed by atoms with E-state index in [1.807, 2.05) is 48.5 Å². The van der Waals surface area contributed by atoms with Crippen LogP contribution in [0, 0.1) is 0 Å². The van der Waals surface area contributed by atoms with Gasteiger partial charge in [0.25, 0.3) is 5.91 Å².